The maximum atomic E-state index is 12.4. The van der Waals surface area contributed by atoms with Gasteiger partial charge in [0.15, 0.2) is 11.5 Å². The number of aromatic nitrogens is 2. The van der Waals surface area contributed by atoms with E-state index in [4.69, 9.17) is 4.74 Å². The largest absolute Gasteiger partial charge is 0.496 e. The van der Waals surface area contributed by atoms with Gasteiger partial charge in [-0.15, -0.1) is 10.2 Å². The summed E-state index contributed by atoms with van der Waals surface area (Å²) in [6.45, 7) is 1.24. The number of fused-ring (bicyclic) bond motifs is 1. The number of hydrogen-bond acceptors (Lipinski definition) is 5. The van der Waals surface area contributed by atoms with Gasteiger partial charge in [0, 0.05) is 24.3 Å². The van der Waals surface area contributed by atoms with E-state index >= 15 is 0 Å². The normalized spacial score (nSPS) is 12.6. The number of ether oxygens (including phenoxy) is 1. The molecular weight excluding hydrogens is 340 g/mol. The van der Waals surface area contributed by atoms with Crippen molar-refractivity contribution < 1.29 is 9.53 Å². The molecule has 1 N–H and O–H groups in total. The van der Waals surface area contributed by atoms with E-state index in [1.165, 1.54) is 5.56 Å². The van der Waals surface area contributed by atoms with Gasteiger partial charge in [-0.25, -0.2) is 0 Å². The van der Waals surface area contributed by atoms with E-state index in [-0.39, 0.29) is 5.91 Å². The minimum absolute atomic E-state index is 0.262. The molecule has 27 heavy (non-hydrogen) atoms. The summed E-state index contributed by atoms with van der Waals surface area (Å²) in [6.07, 6.45) is 0.985. The quantitative estimate of drug-likeness (QED) is 0.757. The maximum absolute atomic E-state index is 12.4. The van der Waals surface area contributed by atoms with Crippen LogP contribution in [-0.2, 0) is 13.0 Å². The highest BCUT2D eigenvalue weighted by Crippen LogP contribution is 2.32. The summed E-state index contributed by atoms with van der Waals surface area (Å²) in [5.41, 5.74) is 3.66. The van der Waals surface area contributed by atoms with Crippen LogP contribution in [0.15, 0.2) is 60.7 Å². The zero-order chi connectivity index (χ0) is 18.6. The zero-order valence-electron chi connectivity index (χ0n) is 15.1. The van der Waals surface area contributed by atoms with Gasteiger partial charge in [0.2, 0.25) is 0 Å². The van der Waals surface area contributed by atoms with Crippen LogP contribution < -0.4 is 15.0 Å². The fourth-order valence-corrected chi connectivity index (χ4v) is 3.28. The maximum Gasteiger partial charge on any atom is 0.272 e. The lowest BCUT2D eigenvalue weighted by Crippen LogP contribution is -2.25. The molecule has 0 atom stereocenters. The predicted octanol–water partition coefficient (Wildman–Crippen LogP) is 3.11. The number of rotatable bonds is 5. The van der Waals surface area contributed by atoms with E-state index in [0.29, 0.717) is 12.2 Å². The molecule has 0 radical (unpaired) electrons. The number of benzene rings is 2. The number of carbonyl (C=O) groups is 1. The summed E-state index contributed by atoms with van der Waals surface area (Å²) in [5, 5.41) is 11.2. The van der Waals surface area contributed by atoms with Crippen molar-refractivity contribution in [1.29, 1.82) is 0 Å². The van der Waals surface area contributed by atoms with Crippen LogP contribution >= 0.6 is 0 Å². The molecule has 4 rings (SSSR count). The molecule has 0 fully saturated rings. The van der Waals surface area contributed by atoms with E-state index in [9.17, 15) is 4.79 Å². The first-order chi connectivity index (χ1) is 13.3. The molecule has 2 heterocycles. The lowest BCUT2D eigenvalue weighted by atomic mass is 10.2. The van der Waals surface area contributed by atoms with Crippen molar-refractivity contribution in [3.8, 4) is 5.75 Å². The third kappa shape index (κ3) is 3.46. The second kappa shape index (κ2) is 7.45. The molecule has 3 aromatic rings. The summed E-state index contributed by atoms with van der Waals surface area (Å²) in [5.74, 6) is 1.23. The van der Waals surface area contributed by atoms with Crippen molar-refractivity contribution in [1.82, 2.24) is 15.5 Å². The van der Waals surface area contributed by atoms with Crippen molar-refractivity contribution in [3.63, 3.8) is 0 Å². The van der Waals surface area contributed by atoms with Gasteiger partial charge in [0.25, 0.3) is 5.91 Å². The van der Waals surface area contributed by atoms with E-state index in [1.54, 1.807) is 13.2 Å². The number of hydrogen-bond donors (Lipinski definition) is 1. The minimum Gasteiger partial charge on any atom is -0.496 e. The molecule has 0 bridgehead atoms. The number of carbonyl (C=O) groups excluding carboxylic acids is 1. The predicted molar refractivity (Wildman–Crippen MR) is 103 cm³/mol. The average molecular weight is 360 g/mol. The van der Waals surface area contributed by atoms with Crippen molar-refractivity contribution in [2.24, 2.45) is 0 Å². The molecule has 0 saturated heterocycles. The van der Waals surface area contributed by atoms with Crippen molar-refractivity contribution in [3.05, 3.63) is 77.5 Å². The van der Waals surface area contributed by atoms with Crippen LogP contribution in [0.1, 0.15) is 21.6 Å². The van der Waals surface area contributed by atoms with Crippen molar-refractivity contribution in [2.75, 3.05) is 18.6 Å². The number of nitrogens with one attached hydrogen (secondary N) is 1. The second-order valence-corrected chi connectivity index (χ2v) is 6.30. The van der Waals surface area contributed by atoms with Crippen LogP contribution in [0.25, 0.3) is 0 Å². The minimum atomic E-state index is -0.262. The van der Waals surface area contributed by atoms with Crippen LogP contribution in [0, 0.1) is 0 Å². The van der Waals surface area contributed by atoms with Gasteiger partial charge >= 0.3 is 0 Å². The Labute approximate surface area is 157 Å². The fourth-order valence-electron chi connectivity index (χ4n) is 3.28. The van der Waals surface area contributed by atoms with E-state index in [1.807, 2.05) is 42.5 Å². The van der Waals surface area contributed by atoms with Gasteiger partial charge in [0.1, 0.15) is 5.75 Å². The Balaban J connectivity index is 1.44. The highest BCUT2D eigenvalue weighted by molar-refractivity contribution is 5.92. The van der Waals surface area contributed by atoms with Crippen LogP contribution in [0.4, 0.5) is 11.5 Å². The lowest BCUT2D eigenvalue weighted by Gasteiger charge is -2.17. The van der Waals surface area contributed by atoms with Crippen molar-refractivity contribution in [2.45, 2.75) is 13.0 Å². The summed E-state index contributed by atoms with van der Waals surface area (Å²) in [4.78, 5) is 14.5. The molecule has 1 aromatic heterocycles. The van der Waals surface area contributed by atoms with Gasteiger partial charge in [-0.1, -0.05) is 36.4 Å². The van der Waals surface area contributed by atoms with Crippen LogP contribution in [0.2, 0.25) is 0 Å². The number of para-hydroxylation sites is 2. The highest BCUT2D eigenvalue weighted by atomic mass is 16.5. The molecule has 1 aliphatic heterocycles. The Bertz CT molecular complexity index is 956. The molecule has 1 aliphatic rings. The van der Waals surface area contributed by atoms with E-state index in [0.717, 1.165) is 35.8 Å². The number of anilines is 2. The first kappa shape index (κ1) is 17.0. The van der Waals surface area contributed by atoms with Crippen LogP contribution in [0.5, 0.6) is 5.75 Å². The summed E-state index contributed by atoms with van der Waals surface area (Å²) < 4.78 is 5.30. The van der Waals surface area contributed by atoms with Crippen molar-refractivity contribution >= 4 is 17.4 Å². The average Bonchev–Trinajstić information content (AvgIpc) is 3.16. The van der Waals surface area contributed by atoms with Gasteiger partial charge in [-0.2, -0.15) is 0 Å². The molecular formula is C21H20N4O2. The van der Waals surface area contributed by atoms with Crippen LogP contribution in [-0.4, -0.2) is 29.8 Å². The topological polar surface area (TPSA) is 67.3 Å². The summed E-state index contributed by atoms with van der Waals surface area (Å²) in [7, 11) is 1.61. The SMILES string of the molecule is COc1ccccc1CNC(=O)c1ccc(N2CCc3ccccc32)nn1. The number of amides is 1. The van der Waals surface area contributed by atoms with Gasteiger partial charge < -0.3 is 15.0 Å². The second-order valence-electron chi connectivity index (χ2n) is 6.30. The summed E-state index contributed by atoms with van der Waals surface area (Å²) in [6, 6.07) is 19.4. The highest BCUT2D eigenvalue weighted by Gasteiger charge is 2.21. The van der Waals surface area contributed by atoms with Gasteiger partial charge in [-0.3, -0.25) is 4.79 Å². The Morgan fingerprint density at radius 2 is 1.89 bits per heavy atom. The Morgan fingerprint density at radius 3 is 2.70 bits per heavy atom. The number of nitrogens with zero attached hydrogens (tertiary/aromatic N) is 3. The molecule has 0 spiro atoms. The van der Waals surface area contributed by atoms with E-state index in [2.05, 4.69) is 32.5 Å². The zero-order valence-corrected chi connectivity index (χ0v) is 15.1. The number of methoxy groups -OCH3 is 1. The Kier molecular flexibility index (Phi) is 4.70. The molecule has 0 aliphatic carbocycles. The molecule has 136 valence electrons. The molecule has 1 amide bonds. The monoisotopic (exact) mass is 360 g/mol. The lowest BCUT2D eigenvalue weighted by molar-refractivity contribution is 0.0944. The smallest absolute Gasteiger partial charge is 0.272 e. The molecule has 2 aromatic carbocycles. The summed E-state index contributed by atoms with van der Waals surface area (Å²) >= 11 is 0. The Morgan fingerprint density at radius 1 is 1.07 bits per heavy atom. The molecule has 6 nitrogen and oxygen atoms in total. The first-order valence-electron chi connectivity index (χ1n) is 8.85. The first-order valence-corrected chi connectivity index (χ1v) is 8.85. The third-order valence-corrected chi connectivity index (χ3v) is 4.68. The Hall–Kier alpha value is -3.41. The fraction of sp³-hybridized carbons (Fsp3) is 0.190. The molecule has 6 heteroatoms. The van der Waals surface area contributed by atoms with E-state index < -0.39 is 0 Å². The van der Waals surface area contributed by atoms with Gasteiger partial charge in [-0.05, 0) is 36.2 Å². The third-order valence-electron chi connectivity index (χ3n) is 4.68. The van der Waals surface area contributed by atoms with Crippen LogP contribution in [0.3, 0.4) is 0 Å². The van der Waals surface area contributed by atoms with Gasteiger partial charge in [0.05, 0.1) is 7.11 Å². The molecule has 0 unspecified atom stereocenters. The standard InChI is InChI=1S/C21H20N4O2/c1-27-19-9-5-3-7-16(19)14-22-21(26)17-10-11-20(24-23-17)25-13-12-15-6-2-4-8-18(15)25/h2-11H,12-14H2,1H3,(H,22,26). The molecule has 0 saturated carbocycles.